The van der Waals surface area contributed by atoms with Crippen LogP contribution in [0, 0.1) is 13.8 Å². The third-order valence-corrected chi connectivity index (χ3v) is 4.62. The first-order chi connectivity index (χ1) is 12.2. The van der Waals surface area contributed by atoms with E-state index in [0.717, 1.165) is 0 Å². The molecule has 1 heterocycles. The highest BCUT2D eigenvalue weighted by Crippen LogP contribution is 2.33. The fourth-order valence-corrected chi connectivity index (χ4v) is 3.46. The van der Waals surface area contributed by atoms with Gasteiger partial charge in [0.2, 0.25) is 0 Å². The fraction of sp³-hybridized carbons (Fsp3) is 0.250. The molecule has 25 heavy (non-hydrogen) atoms. The monoisotopic (exact) mass is 350 g/mol. The second-order valence-corrected chi connectivity index (χ2v) is 6.34. The highest BCUT2D eigenvalue weighted by atomic mass is 32.1. The Kier molecular flexibility index (Phi) is 9.57. The Hall–Kier alpha value is -2.12. The summed E-state index contributed by atoms with van der Waals surface area (Å²) in [7, 11) is 0. The first kappa shape index (κ1) is 20.9. The second kappa shape index (κ2) is 11.4. The van der Waals surface area contributed by atoms with Gasteiger partial charge in [0.15, 0.2) is 0 Å². The maximum atomic E-state index is 2.27. The summed E-state index contributed by atoms with van der Waals surface area (Å²) in [6.07, 6.45) is 0. The molecule has 0 bridgehead atoms. The van der Waals surface area contributed by atoms with Crippen molar-refractivity contribution in [3.05, 3.63) is 83.9 Å². The molecule has 0 nitrogen and oxygen atoms in total. The van der Waals surface area contributed by atoms with Crippen molar-refractivity contribution < 1.29 is 0 Å². The molecule has 132 valence electrons. The van der Waals surface area contributed by atoms with Gasteiger partial charge in [0.25, 0.3) is 0 Å². The maximum Gasteiger partial charge on any atom is 0.0355 e. The Morgan fingerprint density at radius 1 is 0.520 bits per heavy atom. The fourth-order valence-electron chi connectivity index (χ4n) is 2.37. The van der Waals surface area contributed by atoms with Gasteiger partial charge in [-0.3, -0.25) is 0 Å². The summed E-state index contributed by atoms with van der Waals surface area (Å²) in [5.74, 6) is 0. The average Bonchev–Trinajstić information content (AvgIpc) is 3.04. The van der Waals surface area contributed by atoms with E-state index in [1.54, 1.807) is 0 Å². The van der Waals surface area contributed by atoms with Crippen LogP contribution in [0.2, 0.25) is 0 Å². The van der Waals surface area contributed by atoms with E-state index in [4.69, 9.17) is 0 Å². The first-order valence-corrected chi connectivity index (χ1v) is 9.95. The zero-order chi connectivity index (χ0) is 18.7. The van der Waals surface area contributed by atoms with Crippen molar-refractivity contribution in [3.63, 3.8) is 0 Å². The van der Waals surface area contributed by atoms with Gasteiger partial charge in [0.1, 0.15) is 0 Å². The van der Waals surface area contributed by atoms with Gasteiger partial charge in [-0.15, -0.1) is 11.3 Å². The summed E-state index contributed by atoms with van der Waals surface area (Å²) in [4.78, 5) is 0. The summed E-state index contributed by atoms with van der Waals surface area (Å²) in [6, 6.07) is 25.5. The van der Waals surface area contributed by atoms with E-state index in [-0.39, 0.29) is 0 Å². The van der Waals surface area contributed by atoms with Crippen molar-refractivity contribution in [3.8, 4) is 0 Å². The van der Waals surface area contributed by atoms with Crippen molar-refractivity contribution in [2.24, 2.45) is 0 Å². The van der Waals surface area contributed by atoms with E-state index in [1.165, 1.54) is 31.3 Å². The molecule has 0 amide bonds. The smallest absolute Gasteiger partial charge is 0.0355 e. The van der Waals surface area contributed by atoms with Gasteiger partial charge in [-0.25, -0.2) is 0 Å². The van der Waals surface area contributed by atoms with Crippen LogP contribution in [0.3, 0.4) is 0 Å². The Labute approximate surface area is 157 Å². The van der Waals surface area contributed by atoms with E-state index < -0.39 is 0 Å². The standard InChI is InChI=1S/C13H10S.C7H8.2C2H6/c1-9-6-7-13-11(8-9)10-4-2-3-5-12(10)14-13;1-7-5-3-2-4-6-7;2*1-2/h2-8H,1H3;2-6H,1H3;2*1-2H3. The lowest BCUT2D eigenvalue weighted by Gasteiger charge is -1.92. The van der Waals surface area contributed by atoms with Crippen LogP contribution in [0.4, 0.5) is 0 Å². The topological polar surface area (TPSA) is 0 Å². The third kappa shape index (κ3) is 6.03. The number of hydrogen-bond acceptors (Lipinski definition) is 1. The third-order valence-electron chi connectivity index (χ3n) is 3.47. The normalized spacial score (nSPS) is 9.20. The predicted octanol–water partition coefficient (Wildman–Crippen LogP) is 8.41. The van der Waals surface area contributed by atoms with E-state index in [1.807, 2.05) is 57.2 Å². The van der Waals surface area contributed by atoms with Crippen LogP contribution in [0.1, 0.15) is 38.8 Å². The van der Waals surface area contributed by atoms with E-state index in [0.29, 0.717) is 0 Å². The second-order valence-electron chi connectivity index (χ2n) is 5.25. The molecule has 0 unspecified atom stereocenters. The van der Waals surface area contributed by atoms with Crippen LogP contribution < -0.4 is 0 Å². The number of thiophene rings is 1. The Morgan fingerprint density at radius 2 is 1.08 bits per heavy atom. The molecule has 0 aliphatic carbocycles. The Balaban J connectivity index is 0.000000241. The number of benzene rings is 3. The molecule has 0 N–H and O–H groups in total. The summed E-state index contributed by atoms with van der Waals surface area (Å²) in [5.41, 5.74) is 2.66. The lowest BCUT2D eigenvalue weighted by atomic mass is 10.1. The summed E-state index contributed by atoms with van der Waals surface area (Å²) in [5, 5.41) is 2.78. The number of hydrogen-bond donors (Lipinski definition) is 0. The average molecular weight is 351 g/mol. The quantitative estimate of drug-likeness (QED) is 0.298. The molecule has 0 aliphatic heterocycles. The van der Waals surface area contributed by atoms with E-state index >= 15 is 0 Å². The van der Waals surface area contributed by atoms with E-state index in [2.05, 4.69) is 68.4 Å². The molecule has 1 aromatic heterocycles. The molecule has 1 heteroatoms. The number of rotatable bonds is 0. The molecule has 4 aromatic rings. The van der Waals surface area contributed by atoms with Crippen molar-refractivity contribution in [2.45, 2.75) is 41.5 Å². The van der Waals surface area contributed by atoms with Crippen molar-refractivity contribution >= 4 is 31.5 Å². The van der Waals surface area contributed by atoms with Gasteiger partial charge in [-0.2, -0.15) is 0 Å². The van der Waals surface area contributed by atoms with Gasteiger partial charge in [0.05, 0.1) is 0 Å². The van der Waals surface area contributed by atoms with Crippen molar-refractivity contribution in [2.75, 3.05) is 0 Å². The maximum absolute atomic E-state index is 2.27. The van der Waals surface area contributed by atoms with Gasteiger partial charge in [-0.1, -0.05) is 93.4 Å². The minimum Gasteiger partial charge on any atom is -0.135 e. The molecule has 0 saturated carbocycles. The highest BCUT2D eigenvalue weighted by Gasteiger charge is 2.02. The van der Waals surface area contributed by atoms with Crippen LogP contribution in [0.5, 0.6) is 0 Å². The minimum atomic E-state index is 1.32. The highest BCUT2D eigenvalue weighted by molar-refractivity contribution is 7.25. The lowest BCUT2D eigenvalue weighted by Crippen LogP contribution is -1.69. The van der Waals surface area contributed by atoms with Crippen LogP contribution in [-0.2, 0) is 0 Å². The van der Waals surface area contributed by atoms with E-state index in [9.17, 15) is 0 Å². The zero-order valence-corrected chi connectivity index (χ0v) is 17.2. The largest absolute Gasteiger partial charge is 0.135 e. The van der Waals surface area contributed by atoms with Gasteiger partial charge in [-0.05, 0) is 32.0 Å². The summed E-state index contributed by atoms with van der Waals surface area (Å²) in [6.45, 7) is 12.2. The Bertz CT molecular complexity index is 857. The molecule has 0 spiro atoms. The minimum absolute atomic E-state index is 1.32. The van der Waals surface area contributed by atoms with Crippen LogP contribution in [0.15, 0.2) is 72.8 Å². The first-order valence-electron chi connectivity index (χ1n) is 9.13. The zero-order valence-electron chi connectivity index (χ0n) is 16.3. The van der Waals surface area contributed by atoms with Crippen molar-refractivity contribution in [1.29, 1.82) is 0 Å². The number of aryl methyl sites for hydroxylation is 2. The van der Waals surface area contributed by atoms with Crippen molar-refractivity contribution in [1.82, 2.24) is 0 Å². The van der Waals surface area contributed by atoms with Gasteiger partial charge < -0.3 is 0 Å². The molecular formula is C24H30S. The molecule has 0 atom stereocenters. The summed E-state index contributed by atoms with van der Waals surface area (Å²) < 4.78 is 2.77. The number of fused-ring (bicyclic) bond motifs is 3. The van der Waals surface area contributed by atoms with Gasteiger partial charge in [0, 0.05) is 20.2 Å². The van der Waals surface area contributed by atoms with Crippen LogP contribution >= 0.6 is 11.3 Å². The Morgan fingerprint density at radius 3 is 1.68 bits per heavy atom. The van der Waals surface area contributed by atoms with Gasteiger partial charge >= 0.3 is 0 Å². The molecule has 0 aliphatic rings. The predicted molar refractivity (Wildman–Crippen MR) is 118 cm³/mol. The molecule has 4 rings (SSSR count). The summed E-state index contributed by atoms with van der Waals surface area (Å²) >= 11 is 1.87. The molecule has 0 radical (unpaired) electrons. The van der Waals surface area contributed by atoms with Crippen LogP contribution in [0.25, 0.3) is 20.2 Å². The molecule has 0 fully saturated rings. The molecular weight excluding hydrogens is 320 g/mol. The molecule has 0 saturated heterocycles. The lowest BCUT2D eigenvalue weighted by molar-refractivity contribution is 1.48. The SMILES string of the molecule is CC.CC.Cc1ccc2sc3ccccc3c2c1.Cc1ccccc1. The van der Waals surface area contributed by atoms with Crippen LogP contribution in [-0.4, -0.2) is 0 Å². The molecule has 3 aromatic carbocycles.